The van der Waals surface area contributed by atoms with Crippen molar-refractivity contribution in [2.75, 3.05) is 11.5 Å². The second kappa shape index (κ2) is 4.97. The van der Waals surface area contributed by atoms with Crippen molar-refractivity contribution in [1.82, 2.24) is 19.9 Å². The molecule has 0 bridgehead atoms. The van der Waals surface area contributed by atoms with Crippen molar-refractivity contribution < 1.29 is 4.39 Å². The Balaban J connectivity index is 1.81. The highest BCUT2D eigenvalue weighted by molar-refractivity contribution is 7.98. The zero-order valence-electron chi connectivity index (χ0n) is 10.3. The van der Waals surface area contributed by atoms with Gasteiger partial charge in [-0.25, -0.2) is 9.37 Å². The maximum absolute atomic E-state index is 12.8. The van der Waals surface area contributed by atoms with Crippen molar-refractivity contribution in [3.63, 3.8) is 0 Å². The molecule has 0 atom stereocenters. The molecule has 2 aromatic heterocycles. The van der Waals surface area contributed by atoms with Crippen LogP contribution < -0.4 is 11.5 Å². The molecule has 0 aliphatic carbocycles. The van der Waals surface area contributed by atoms with E-state index in [4.69, 9.17) is 11.5 Å². The quantitative estimate of drug-likeness (QED) is 0.636. The molecule has 0 fully saturated rings. The molecular weight excluding hydrogens is 279 g/mol. The van der Waals surface area contributed by atoms with Gasteiger partial charge in [0.2, 0.25) is 5.95 Å². The van der Waals surface area contributed by atoms with Gasteiger partial charge in [-0.1, -0.05) is 23.9 Å². The molecule has 5 N–H and O–H groups in total. The summed E-state index contributed by atoms with van der Waals surface area (Å²) in [5.74, 6) is 0.773. The largest absolute Gasteiger partial charge is 0.382 e. The Morgan fingerprint density at radius 3 is 2.60 bits per heavy atom. The van der Waals surface area contributed by atoms with E-state index in [1.807, 2.05) is 0 Å². The van der Waals surface area contributed by atoms with Gasteiger partial charge in [-0.05, 0) is 17.7 Å². The Kier molecular flexibility index (Phi) is 3.15. The fourth-order valence-corrected chi connectivity index (χ4v) is 2.54. The molecule has 6 nitrogen and oxygen atoms in total. The van der Waals surface area contributed by atoms with E-state index in [1.54, 1.807) is 12.1 Å². The summed E-state index contributed by atoms with van der Waals surface area (Å²) >= 11 is 1.47. The van der Waals surface area contributed by atoms with Gasteiger partial charge in [-0.3, -0.25) is 0 Å². The van der Waals surface area contributed by atoms with Crippen molar-refractivity contribution in [3.8, 4) is 0 Å². The van der Waals surface area contributed by atoms with Crippen LogP contribution in [0.4, 0.5) is 16.2 Å². The summed E-state index contributed by atoms with van der Waals surface area (Å²) in [6.45, 7) is 0. The van der Waals surface area contributed by atoms with E-state index in [-0.39, 0.29) is 17.6 Å². The number of hydrogen-bond acceptors (Lipinski definition) is 6. The van der Waals surface area contributed by atoms with Gasteiger partial charge in [0.25, 0.3) is 0 Å². The van der Waals surface area contributed by atoms with E-state index in [2.05, 4.69) is 19.9 Å². The molecule has 0 radical (unpaired) electrons. The van der Waals surface area contributed by atoms with Gasteiger partial charge in [0.1, 0.15) is 11.3 Å². The molecule has 8 heteroatoms. The standard InChI is InChI=1S/C12H11FN6S/c13-7-3-1-6(2-4-7)5-20-12-16-8-9(14)17-11(15)18-10(8)19-12/h1-4H,5H2,(H5,14,15,16,17,18,19). The number of aromatic amines is 1. The van der Waals surface area contributed by atoms with Crippen LogP contribution in [-0.4, -0.2) is 19.9 Å². The molecular formula is C12H11FN6S. The highest BCUT2D eigenvalue weighted by atomic mass is 32.2. The number of nitrogen functional groups attached to an aromatic ring is 2. The van der Waals surface area contributed by atoms with Gasteiger partial charge < -0.3 is 16.5 Å². The van der Waals surface area contributed by atoms with Crippen LogP contribution in [0.15, 0.2) is 29.4 Å². The maximum Gasteiger partial charge on any atom is 0.224 e. The number of aromatic nitrogens is 4. The number of fused-ring (bicyclic) bond motifs is 1. The minimum atomic E-state index is -0.249. The van der Waals surface area contributed by atoms with Gasteiger partial charge in [0, 0.05) is 5.75 Å². The van der Waals surface area contributed by atoms with Crippen LogP contribution in [0.2, 0.25) is 0 Å². The molecule has 1 aromatic carbocycles. The minimum absolute atomic E-state index is 0.0941. The molecule has 102 valence electrons. The lowest BCUT2D eigenvalue weighted by atomic mass is 10.2. The van der Waals surface area contributed by atoms with Crippen LogP contribution in [0.1, 0.15) is 5.56 Å². The van der Waals surface area contributed by atoms with Crippen molar-refractivity contribution in [2.24, 2.45) is 0 Å². The number of H-pyrrole nitrogens is 1. The van der Waals surface area contributed by atoms with Crippen molar-refractivity contribution in [3.05, 3.63) is 35.6 Å². The smallest absolute Gasteiger partial charge is 0.224 e. The number of rotatable bonds is 3. The first-order valence-electron chi connectivity index (χ1n) is 5.78. The van der Waals surface area contributed by atoms with Gasteiger partial charge in [0.05, 0.1) is 0 Å². The third kappa shape index (κ3) is 2.50. The molecule has 3 rings (SSSR count). The molecule has 0 amide bonds. The Hall–Kier alpha value is -2.35. The molecule has 3 aromatic rings. The van der Waals surface area contributed by atoms with Gasteiger partial charge >= 0.3 is 0 Å². The van der Waals surface area contributed by atoms with Crippen LogP contribution in [0, 0.1) is 5.82 Å². The Bertz CT molecular complexity index is 754. The van der Waals surface area contributed by atoms with E-state index >= 15 is 0 Å². The summed E-state index contributed by atoms with van der Waals surface area (Å²) in [7, 11) is 0. The molecule has 2 heterocycles. The van der Waals surface area contributed by atoms with E-state index in [9.17, 15) is 4.39 Å². The van der Waals surface area contributed by atoms with Crippen molar-refractivity contribution in [1.29, 1.82) is 0 Å². The lowest BCUT2D eigenvalue weighted by Gasteiger charge is -1.98. The Morgan fingerprint density at radius 2 is 1.85 bits per heavy atom. The topological polar surface area (TPSA) is 106 Å². The Labute approximate surface area is 117 Å². The van der Waals surface area contributed by atoms with Crippen LogP contribution >= 0.6 is 11.8 Å². The first-order valence-corrected chi connectivity index (χ1v) is 6.76. The number of nitrogens with two attached hydrogens (primary N) is 2. The monoisotopic (exact) mass is 290 g/mol. The van der Waals surface area contributed by atoms with Crippen molar-refractivity contribution >= 4 is 34.7 Å². The lowest BCUT2D eigenvalue weighted by molar-refractivity contribution is 0.627. The number of anilines is 2. The SMILES string of the molecule is Nc1nc(N)c2[nH]c(SCc3ccc(F)cc3)nc2n1. The molecule has 0 unspecified atom stereocenters. The first-order chi connectivity index (χ1) is 9.61. The summed E-state index contributed by atoms with van der Waals surface area (Å²) < 4.78 is 12.8. The minimum Gasteiger partial charge on any atom is -0.382 e. The predicted octanol–water partition coefficient (Wildman–Crippen LogP) is 1.95. The molecule has 0 saturated heterocycles. The summed E-state index contributed by atoms with van der Waals surface area (Å²) in [5, 5.41) is 0.663. The zero-order valence-corrected chi connectivity index (χ0v) is 11.1. The van der Waals surface area contributed by atoms with E-state index < -0.39 is 0 Å². The third-order valence-corrected chi connectivity index (χ3v) is 3.61. The summed E-state index contributed by atoms with van der Waals surface area (Å²) in [6, 6.07) is 6.33. The van der Waals surface area contributed by atoms with E-state index in [0.717, 1.165) is 5.56 Å². The van der Waals surface area contributed by atoms with E-state index in [0.29, 0.717) is 22.1 Å². The average Bonchev–Trinajstić information content (AvgIpc) is 2.81. The van der Waals surface area contributed by atoms with Gasteiger partial charge in [-0.2, -0.15) is 9.97 Å². The average molecular weight is 290 g/mol. The number of imidazole rings is 1. The number of thioether (sulfide) groups is 1. The Morgan fingerprint density at radius 1 is 1.10 bits per heavy atom. The highest BCUT2D eigenvalue weighted by Crippen LogP contribution is 2.24. The summed E-state index contributed by atoms with van der Waals surface area (Å²) in [4.78, 5) is 15.2. The summed E-state index contributed by atoms with van der Waals surface area (Å²) in [5.41, 5.74) is 13.3. The van der Waals surface area contributed by atoms with Crippen LogP contribution in [0.3, 0.4) is 0 Å². The summed E-state index contributed by atoms with van der Waals surface area (Å²) in [6.07, 6.45) is 0. The number of hydrogen-bond donors (Lipinski definition) is 3. The molecule has 0 spiro atoms. The zero-order chi connectivity index (χ0) is 14.1. The molecule has 0 saturated carbocycles. The second-order valence-electron chi connectivity index (χ2n) is 4.12. The fraction of sp³-hybridized carbons (Fsp3) is 0.0833. The number of halogens is 1. The van der Waals surface area contributed by atoms with E-state index in [1.165, 1.54) is 23.9 Å². The first kappa shape index (κ1) is 12.7. The number of nitrogens with zero attached hydrogens (tertiary/aromatic N) is 3. The number of nitrogens with one attached hydrogen (secondary N) is 1. The van der Waals surface area contributed by atoms with Crippen molar-refractivity contribution in [2.45, 2.75) is 10.9 Å². The number of benzene rings is 1. The molecule has 0 aliphatic heterocycles. The molecule has 20 heavy (non-hydrogen) atoms. The predicted molar refractivity (Wildman–Crippen MR) is 76.5 cm³/mol. The van der Waals surface area contributed by atoms with Crippen LogP contribution in [-0.2, 0) is 5.75 Å². The third-order valence-electron chi connectivity index (χ3n) is 2.66. The maximum atomic E-state index is 12.8. The van der Waals surface area contributed by atoms with Crippen LogP contribution in [0.5, 0.6) is 0 Å². The highest BCUT2D eigenvalue weighted by Gasteiger charge is 2.09. The van der Waals surface area contributed by atoms with Crippen LogP contribution in [0.25, 0.3) is 11.2 Å². The van der Waals surface area contributed by atoms with Gasteiger partial charge in [0.15, 0.2) is 16.6 Å². The lowest BCUT2D eigenvalue weighted by Crippen LogP contribution is -1.99. The van der Waals surface area contributed by atoms with Gasteiger partial charge in [-0.15, -0.1) is 0 Å². The normalized spacial score (nSPS) is 11.1. The fourth-order valence-electron chi connectivity index (χ4n) is 1.72. The molecule has 0 aliphatic rings. The second-order valence-corrected chi connectivity index (χ2v) is 5.09.